The van der Waals surface area contributed by atoms with E-state index in [-0.39, 0.29) is 17.0 Å². The van der Waals surface area contributed by atoms with Crippen molar-refractivity contribution in [1.29, 1.82) is 0 Å². The van der Waals surface area contributed by atoms with Crippen molar-refractivity contribution in [1.82, 2.24) is 4.72 Å². The third kappa shape index (κ3) is 2.74. The van der Waals surface area contributed by atoms with Crippen LogP contribution >= 0.6 is 15.9 Å². The van der Waals surface area contributed by atoms with E-state index in [0.29, 0.717) is 4.47 Å². The fraction of sp³-hybridized carbons (Fsp3) is 0.455. The van der Waals surface area contributed by atoms with E-state index < -0.39 is 21.4 Å². The lowest BCUT2D eigenvalue weighted by Crippen LogP contribution is -2.34. The Balaban J connectivity index is 2.46. The van der Waals surface area contributed by atoms with Crippen LogP contribution < -0.4 is 10.5 Å². The van der Waals surface area contributed by atoms with Crippen molar-refractivity contribution in [3.63, 3.8) is 0 Å². The number of hydrogen-bond acceptors (Lipinski definition) is 3. The second-order valence-corrected chi connectivity index (χ2v) is 7.31. The fourth-order valence-electron chi connectivity index (χ4n) is 1.63. The van der Waals surface area contributed by atoms with Gasteiger partial charge in [-0.2, -0.15) is 0 Å². The van der Waals surface area contributed by atoms with Crippen molar-refractivity contribution >= 4 is 26.0 Å². The predicted molar refractivity (Wildman–Crippen MR) is 70.0 cm³/mol. The molecule has 0 saturated heterocycles. The lowest BCUT2D eigenvalue weighted by atomic mass is 10.2. The normalized spacial score (nSPS) is 17.8. The van der Waals surface area contributed by atoms with Gasteiger partial charge >= 0.3 is 0 Å². The maximum absolute atomic E-state index is 14.0. The van der Waals surface area contributed by atoms with Crippen LogP contribution in [0.3, 0.4) is 0 Å². The molecule has 0 amide bonds. The van der Waals surface area contributed by atoms with Crippen molar-refractivity contribution in [2.24, 2.45) is 5.73 Å². The monoisotopic (exact) mass is 336 g/mol. The van der Waals surface area contributed by atoms with Crippen LogP contribution in [0.15, 0.2) is 21.5 Å². The van der Waals surface area contributed by atoms with E-state index in [1.165, 1.54) is 12.1 Å². The van der Waals surface area contributed by atoms with E-state index in [4.69, 9.17) is 5.73 Å². The average molecular weight is 337 g/mol. The van der Waals surface area contributed by atoms with Crippen LogP contribution in [0.2, 0.25) is 0 Å². The van der Waals surface area contributed by atoms with E-state index in [9.17, 15) is 12.8 Å². The summed E-state index contributed by atoms with van der Waals surface area (Å²) < 4.78 is 41.3. The van der Waals surface area contributed by atoms with Gasteiger partial charge in [0, 0.05) is 22.1 Å². The molecule has 1 saturated carbocycles. The largest absolute Gasteiger partial charge is 0.326 e. The molecule has 0 unspecified atom stereocenters. The summed E-state index contributed by atoms with van der Waals surface area (Å²) in [5.41, 5.74) is 5.13. The molecule has 1 aromatic rings. The first-order valence-corrected chi connectivity index (χ1v) is 7.77. The van der Waals surface area contributed by atoms with Gasteiger partial charge in [0.1, 0.15) is 10.7 Å². The van der Waals surface area contributed by atoms with Crippen LogP contribution in [0, 0.1) is 5.82 Å². The minimum absolute atomic E-state index is 0.0505. The van der Waals surface area contributed by atoms with Crippen molar-refractivity contribution in [2.45, 2.75) is 36.7 Å². The van der Waals surface area contributed by atoms with Gasteiger partial charge in [-0.25, -0.2) is 17.5 Å². The minimum atomic E-state index is -3.85. The summed E-state index contributed by atoms with van der Waals surface area (Å²) in [7, 11) is -3.85. The van der Waals surface area contributed by atoms with Crippen LogP contribution in [0.1, 0.15) is 25.3 Å². The Kier molecular flexibility index (Phi) is 3.52. The summed E-state index contributed by atoms with van der Waals surface area (Å²) in [6, 6.07) is 2.73. The van der Waals surface area contributed by atoms with Crippen molar-refractivity contribution in [3.8, 4) is 0 Å². The zero-order chi connectivity index (χ0) is 13.6. The van der Waals surface area contributed by atoms with Crippen molar-refractivity contribution < 1.29 is 12.8 Å². The molecule has 0 aromatic heterocycles. The highest BCUT2D eigenvalue weighted by atomic mass is 79.9. The molecule has 0 heterocycles. The molecule has 0 spiro atoms. The maximum atomic E-state index is 14.0. The first-order chi connectivity index (χ1) is 8.27. The highest BCUT2D eigenvalue weighted by molar-refractivity contribution is 9.10. The summed E-state index contributed by atoms with van der Waals surface area (Å²) in [5, 5.41) is 0. The Morgan fingerprint density at radius 1 is 1.50 bits per heavy atom. The molecule has 2 rings (SSSR count). The molecule has 1 aromatic carbocycles. The number of sulfonamides is 1. The topological polar surface area (TPSA) is 72.2 Å². The van der Waals surface area contributed by atoms with Crippen LogP contribution in [0.4, 0.5) is 4.39 Å². The van der Waals surface area contributed by atoms with Crippen LogP contribution in [-0.2, 0) is 16.6 Å². The number of halogens is 2. The van der Waals surface area contributed by atoms with Gasteiger partial charge in [0.15, 0.2) is 0 Å². The van der Waals surface area contributed by atoms with Gasteiger partial charge in [0.2, 0.25) is 10.0 Å². The average Bonchev–Trinajstić information content (AvgIpc) is 2.97. The van der Waals surface area contributed by atoms with Crippen molar-refractivity contribution in [3.05, 3.63) is 28.0 Å². The minimum Gasteiger partial charge on any atom is -0.326 e. The second-order valence-electron chi connectivity index (χ2n) is 4.75. The predicted octanol–water partition coefficient (Wildman–Crippen LogP) is 1.88. The summed E-state index contributed by atoms with van der Waals surface area (Å²) in [4.78, 5) is -0.356. The van der Waals surface area contributed by atoms with Gasteiger partial charge < -0.3 is 5.73 Å². The van der Waals surface area contributed by atoms with Crippen LogP contribution in [0.25, 0.3) is 0 Å². The van der Waals surface area contributed by atoms with E-state index >= 15 is 0 Å². The molecule has 0 radical (unpaired) electrons. The van der Waals surface area contributed by atoms with Gasteiger partial charge in [-0.3, -0.25) is 0 Å². The first-order valence-electron chi connectivity index (χ1n) is 5.49. The number of nitrogens with two attached hydrogens (primary N) is 1. The lowest BCUT2D eigenvalue weighted by Gasteiger charge is -2.14. The molecule has 1 aliphatic carbocycles. The second kappa shape index (κ2) is 4.56. The van der Waals surface area contributed by atoms with E-state index in [2.05, 4.69) is 20.7 Å². The van der Waals surface area contributed by atoms with Crippen molar-refractivity contribution in [2.75, 3.05) is 0 Å². The maximum Gasteiger partial charge on any atom is 0.244 e. The first kappa shape index (κ1) is 13.9. The zero-order valence-electron chi connectivity index (χ0n) is 9.83. The quantitative estimate of drug-likeness (QED) is 0.881. The van der Waals surface area contributed by atoms with E-state index in [1.807, 2.05) is 0 Å². The Labute approximate surface area is 114 Å². The summed E-state index contributed by atoms with van der Waals surface area (Å²) in [6.07, 6.45) is 1.54. The Hall–Kier alpha value is -0.500. The lowest BCUT2D eigenvalue weighted by molar-refractivity contribution is 0.535. The Morgan fingerprint density at radius 2 is 2.11 bits per heavy atom. The molecule has 1 fully saturated rings. The van der Waals surface area contributed by atoms with E-state index in [0.717, 1.165) is 12.8 Å². The molecular formula is C11H14BrFN2O2S. The molecule has 0 aliphatic heterocycles. The molecule has 0 atom stereocenters. The summed E-state index contributed by atoms with van der Waals surface area (Å²) in [6.45, 7) is 1.75. The van der Waals surface area contributed by atoms with Crippen LogP contribution in [0.5, 0.6) is 0 Å². The number of benzene rings is 1. The highest BCUT2D eigenvalue weighted by Crippen LogP contribution is 2.36. The number of rotatable bonds is 4. The van der Waals surface area contributed by atoms with E-state index in [1.54, 1.807) is 6.92 Å². The number of nitrogens with one attached hydrogen (secondary N) is 1. The molecule has 4 nitrogen and oxygen atoms in total. The molecule has 3 N–H and O–H groups in total. The summed E-state index contributed by atoms with van der Waals surface area (Å²) in [5.74, 6) is -0.780. The molecule has 100 valence electrons. The third-order valence-electron chi connectivity index (χ3n) is 2.97. The Morgan fingerprint density at radius 3 is 2.61 bits per heavy atom. The molecule has 18 heavy (non-hydrogen) atoms. The third-order valence-corrected chi connectivity index (χ3v) is 5.07. The zero-order valence-corrected chi connectivity index (χ0v) is 12.2. The van der Waals surface area contributed by atoms with Gasteiger partial charge in [0.25, 0.3) is 0 Å². The van der Waals surface area contributed by atoms with Crippen LogP contribution in [-0.4, -0.2) is 14.0 Å². The molecule has 7 heteroatoms. The van der Waals surface area contributed by atoms with Gasteiger partial charge in [0.05, 0.1) is 0 Å². The molecule has 1 aliphatic rings. The van der Waals surface area contributed by atoms with Gasteiger partial charge in [-0.1, -0.05) is 15.9 Å². The highest BCUT2D eigenvalue weighted by Gasteiger charge is 2.42. The van der Waals surface area contributed by atoms with Gasteiger partial charge in [-0.15, -0.1) is 0 Å². The Bertz CT molecular complexity index is 585. The SMILES string of the molecule is CC1(NS(=O)(=O)c2cc(Br)cc(CN)c2F)CC1. The smallest absolute Gasteiger partial charge is 0.244 e. The molecule has 0 bridgehead atoms. The van der Waals surface area contributed by atoms with Gasteiger partial charge in [-0.05, 0) is 31.9 Å². The number of hydrogen-bond donors (Lipinski definition) is 2. The fourth-order valence-corrected chi connectivity index (χ4v) is 3.90. The molecular weight excluding hydrogens is 323 g/mol. The summed E-state index contributed by atoms with van der Waals surface area (Å²) >= 11 is 3.16. The standard InChI is InChI=1S/C11H14BrFN2O2S/c1-11(2-3-11)15-18(16,17)9-5-8(12)4-7(6-14)10(9)13/h4-5,15H,2-3,6,14H2,1H3.